The largest absolute Gasteiger partial charge is 0.351 e. The predicted octanol–water partition coefficient (Wildman–Crippen LogP) is 2.40. The molecule has 0 spiro atoms. The molecular weight excluding hydrogens is 288 g/mol. The van der Waals surface area contributed by atoms with Crippen LogP contribution in [-0.2, 0) is 13.0 Å². The molecule has 2 heterocycles. The van der Waals surface area contributed by atoms with Crippen molar-refractivity contribution in [2.24, 2.45) is 0 Å². The van der Waals surface area contributed by atoms with Crippen LogP contribution in [0.5, 0.6) is 0 Å². The Kier molecular flexibility index (Phi) is 4.42. The number of aromatic amines is 1. The Bertz CT molecular complexity index is 723. The van der Waals surface area contributed by atoms with Crippen molar-refractivity contribution in [3.05, 3.63) is 40.1 Å². The quantitative estimate of drug-likeness (QED) is 0.875. The zero-order valence-electron chi connectivity index (χ0n) is 11.7. The van der Waals surface area contributed by atoms with Crippen molar-refractivity contribution in [2.75, 3.05) is 11.9 Å². The first-order chi connectivity index (χ1) is 10.1. The minimum Gasteiger partial charge on any atom is -0.351 e. The van der Waals surface area contributed by atoms with E-state index in [0.29, 0.717) is 29.9 Å². The molecule has 0 radical (unpaired) electrons. The Morgan fingerprint density at radius 2 is 2.05 bits per heavy atom. The van der Waals surface area contributed by atoms with Gasteiger partial charge in [-0.25, -0.2) is 9.97 Å². The van der Waals surface area contributed by atoms with Gasteiger partial charge in [-0.2, -0.15) is 10.5 Å². The molecule has 0 aliphatic carbocycles. The number of imidazole rings is 1. The van der Waals surface area contributed by atoms with Crippen molar-refractivity contribution in [3.8, 4) is 12.1 Å². The molecule has 0 unspecified atom stereocenters. The molecule has 0 amide bonds. The summed E-state index contributed by atoms with van der Waals surface area (Å²) in [4.78, 5) is 13.1. The number of pyridine rings is 1. The lowest BCUT2D eigenvalue weighted by Crippen LogP contribution is -2.21. The first-order valence-corrected chi connectivity index (χ1v) is 6.72. The van der Waals surface area contributed by atoms with Crippen molar-refractivity contribution in [1.82, 2.24) is 15.0 Å². The highest BCUT2D eigenvalue weighted by Gasteiger charge is 2.20. The molecule has 1 N–H and O–H groups in total. The van der Waals surface area contributed by atoms with Crippen molar-refractivity contribution in [3.63, 3.8) is 0 Å². The van der Waals surface area contributed by atoms with E-state index in [2.05, 4.69) is 21.0 Å². The van der Waals surface area contributed by atoms with E-state index in [1.807, 2.05) is 13.0 Å². The second-order valence-corrected chi connectivity index (χ2v) is 4.78. The average Bonchev–Trinajstić information content (AvgIpc) is 2.98. The second-order valence-electron chi connectivity index (χ2n) is 4.42. The van der Waals surface area contributed by atoms with Crippen molar-refractivity contribution >= 4 is 17.4 Å². The molecule has 2 rings (SSSR count). The summed E-state index contributed by atoms with van der Waals surface area (Å²) in [5.41, 5.74) is 1.28. The maximum absolute atomic E-state index is 9.42. The average molecular weight is 301 g/mol. The van der Waals surface area contributed by atoms with Gasteiger partial charge in [0.25, 0.3) is 0 Å². The van der Waals surface area contributed by atoms with Crippen LogP contribution in [0.2, 0.25) is 5.15 Å². The Labute approximate surface area is 127 Å². The molecule has 0 aliphatic heterocycles. The van der Waals surface area contributed by atoms with Gasteiger partial charge >= 0.3 is 0 Å². The van der Waals surface area contributed by atoms with Crippen molar-refractivity contribution < 1.29 is 0 Å². The lowest BCUT2D eigenvalue weighted by atomic mass is 10.0. The smallest absolute Gasteiger partial charge is 0.149 e. The van der Waals surface area contributed by atoms with Crippen LogP contribution < -0.4 is 4.90 Å². The zero-order valence-corrected chi connectivity index (χ0v) is 12.4. The maximum Gasteiger partial charge on any atom is 0.149 e. The second kappa shape index (κ2) is 6.25. The molecule has 0 aromatic carbocycles. The number of nitrogens with zero attached hydrogens (tertiary/aromatic N) is 5. The van der Waals surface area contributed by atoms with Crippen LogP contribution in [0.1, 0.15) is 29.4 Å². The van der Waals surface area contributed by atoms with E-state index in [1.165, 1.54) is 0 Å². The Morgan fingerprint density at radius 1 is 1.33 bits per heavy atom. The highest BCUT2D eigenvalue weighted by Crippen LogP contribution is 2.29. The summed E-state index contributed by atoms with van der Waals surface area (Å²) >= 11 is 6.08. The van der Waals surface area contributed by atoms with Crippen LogP contribution >= 0.6 is 11.6 Å². The van der Waals surface area contributed by atoms with E-state index in [-0.39, 0.29) is 10.7 Å². The normalized spacial score (nSPS) is 9.95. The van der Waals surface area contributed by atoms with Gasteiger partial charge in [0, 0.05) is 19.4 Å². The van der Waals surface area contributed by atoms with Gasteiger partial charge in [-0.1, -0.05) is 18.5 Å². The third kappa shape index (κ3) is 2.81. The molecule has 106 valence electrons. The van der Waals surface area contributed by atoms with E-state index in [0.717, 1.165) is 5.82 Å². The molecule has 0 fully saturated rings. The predicted molar refractivity (Wildman–Crippen MR) is 78.7 cm³/mol. The molecule has 0 atom stereocenters. The van der Waals surface area contributed by atoms with Gasteiger partial charge < -0.3 is 9.88 Å². The summed E-state index contributed by atoms with van der Waals surface area (Å²) in [5.74, 6) is 1.21. The number of anilines is 1. The fraction of sp³-hybridized carbons (Fsp3) is 0.286. The molecule has 0 saturated heterocycles. The molecular formula is C14H13ClN6. The highest BCUT2D eigenvalue weighted by atomic mass is 35.5. The third-order valence-electron chi connectivity index (χ3n) is 3.12. The fourth-order valence-electron chi connectivity index (χ4n) is 2.13. The SMILES string of the molecule is CCc1c(C#N)c(Cl)nc(N(C)Cc2ncc[nH]2)c1C#N. The molecule has 2 aromatic heterocycles. The van der Waals surface area contributed by atoms with Crippen LogP contribution in [0, 0.1) is 22.7 Å². The number of hydrogen-bond donors (Lipinski definition) is 1. The van der Waals surface area contributed by atoms with Crippen molar-refractivity contribution in [1.29, 1.82) is 10.5 Å². The van der Waals surface area contributed by atoms with E-state index >= 15 is 0 Å². The van der Waals surface area contributed by atoms with Gasteiger partial charge in [0.2, 0.25) is 0 Å². The number of nitrogens with one attached hydrogen (secondary N) is 1. The Morgan fingerprint density at radius 3 is 2.57 bits per heavy atom. The van der Waals surface area contributed by atoms with Crippen LogP contribution in [-0.4, -0.2) is 22.0 Å². The first-order valence-electron chi connectivity index (χ1n) is 6.34. The molecule has 0 aliphatic rings. The lowest BCUT2D eigenvalue weighted by Gasteiger charge is -2.20. The maximum atomic E-state index is 9.42. The number of hydrogen-bond acceptors (Lipinski definition) is 5. The van der Waals surface area contributed by atoms with Gasteiger partial charge in [0.15, 0.2) is 0 Å². The minimum absolute atomic E-state index is 0.120. The molecule has 0 bridgehead atoms. The van der Waals surface area contributed by atoms with E-state index < -0.39 is 0 Å². The standard InChI is InChI=1S/C14H13ClN6/c1-3-9-10(6-16)13(15)20-14(11(9)7-17)21(2)8-12-18-4-5-19-12/h4-5H,3,8H2,1-2H3,(H,18,19). The molecule has 2 aromatic rings. The van der Waals surface area contributed by atoms with Gasteiger partial charge in [-0.15, -0.1) is 0 Å². The highest BCUT2D eigenvalue weighted by molar-refractivity contribution is 6.30. The summed E-state index contributed by atoms with van der Waals surface area (Å²) in [5, 5.41) is 18.7. The fourth-order valence-corrected chi connectivity index (χ4v) is 2.37. The summed E-state index contributed by atoms with van der Waals surface area (Å²) < 4.78 is 0. The van der Waals surface area contributed by atoms with Gasteiger partial charge in [0.05, 0.1) is 17.7 Å². The summed E-state index contributed by atoms with van der Waals surface area (Å²) in [6, 6.07) is 4.15. The Hall–Kier alpha value is -2.57. The van der Waals surface area contributed by atoms with Gasteiger partial charge in [-0.05, 0) is 12.0 Å². The number of nitriles is 2. The summed E-state index contributed by atoms with van der Waals surface area (Å²) in [6.45, 7) is 2.34. The van der Waals surface area contributed by atoms with E-state index in [9.17, 15) is 10.5 Å². The number of halogens is 1. The lowest BCUT2D eigenvalue weighted by molar-refractivity contribution is 0.838. The molecule has 6 nitrogen and oxygen atoms in total. The van der Waals surface area contributed by atoms with Gasteiger partial charge in [0.1, 0.15) is 28.9 Å². The number of rotatable bonds is 4. The van der Waals surface area contributed by atoms with Gasteiger partial charge in [-0.3, -0.25) is 0 Å². The Balaban J connectivity index is 2.51. The number of H-pyrrole nitrogens is 1. The van der Waals surface area contributed by atoms with Crippen LogP contribution in [0.4, 0.5) is 5.82 Å². The molecule has 21 heavy (non-hydrogen) atoms. The molecule has 0 saturated carbocycles. The summed E-state index contributed by atoms with van der Waals surface area (Å²) in [7, 11) is 1.80. The first kappa shape index (κ1) is 14.8. The topological polar surface area (TPSA) is 92.4 Å². The zero-order chi connectivity index (χ0) is 15.4. The third-order valence-corrected chi connectivity index (χ3v) is 3.39. The monoisotopic (exact) mass is 300 g/mol. The molecule has 7 heteroatoms. The van der Waals surface area contributed by atoms with Crippen molar-refractivity contribution in [2.45, 2.75) is 19.9 Å². The van der Waals surface area contributed by atoms with Crippen LogP contribution in [0.3, 0.4) is 0 Å². The van der Waals surface area contributed by atoms with Crippen LogP contribution in [0.15, 0.2) is 12.4 Å². The van der Waals surface area contributed by atoms with E-state index in [1.54, 1.807) is 24.3 Å². The number of aromatic nitrogens is 3. The minimum atomic E-state index is 0.120. The summed E-state index contributed by atoms with van der Waals surface area (Å²) in [6.07, 6.45) is 3.92. The van der Waals surface area contributed by atoms with Crippen LogP contribution in [0.25, 0.3) is 0 Å². The van der Waals surface area contributed by atoms with E-state index in [4.69, 9.17) is 11.6 Å².